The smallest absolute Gasteiger partial charge is 0.326 e. The molecule has 16 atom stereocenters. The van der Waals surface area contributed by atoms with E-state index in [9.17, 15) is 86.6 Å². The summed E-state index contributed by atoms with van der Waals surface area (Å²) in [5, 5.41) is 47.4. The molecule has 0 saturated heterocycles. The zero-order valence-corrected chi connectivity index (χ0v) is 52.5. The third kappa shape index (κ3) is 28.9. The second-order valence-electron chi connectivity index (χ2n) is 21.3. The molecule has 0 heterocycles. The van der Waals surface area contributed by atoms with Crippen molar-refractivity contribution < 1.29 is 86.6 Å². The molecule has 0 bridgehead atoms. The minimum absolute atomic E-state index is 0.122. The fourth-order valence-electron chi connectivity index (χ4n) is 7.07. The van der Waals surface area contributed by atoms with E-state index in [4.69, 9.17) is 5.73 Å². The van der Waals surface area contributed by atoms with Crippen molar-refractivity contribution in [1.82, 2.24) is 85.1 Å². The molecule has 35 nitrogen and oxygen atoms in total. The number of aliphatic carboxylic acids is 1. The molecule has 19 N–H and O–H groups in total. The van der Waals surface area contributed by atoms with Crippen LogP contribution in [0.5, 0.6) is 0 Å². The fraction of sp³-hybridized carbons (Fsp3) is 0.679. The lowest BCUT2D eigenvalue weighted by atomic mass is 10.1. The molecule has 0 fully saturated rings. The highest BCUT2D eigenvalue weighted by Crippen LogP contribution is 2.03. The van der Waals surface area contributed by atoms with E-state index in [1.165, 1.54) is 111 Å². The van der Waals surface area contributed by atoms with Crippen LogP contribution in [0.3, 0.4) is 0 Å². The molecular weight excluding hydrogens is 1160 g/mol. The Morgan fingerprint density at radius 3 is 0.511 bits per heavy atom. The van der Waals surface area contributed by atoms with Crippen LogP contribution >= 0.6 is 0 Å². The first-order valence-electron chi connectivity index (χ1n) is 28.4. The summed E-state index contributed by atoms with van der Waals surface area (Å²) in [7, 11) is 0. The summed E-state index contributed by atoms with van der Waals surface area (Å²) in [5.41, 5.74) is 5.44. The number of hydrogen-bond donors (Lipinski definition) is 18. The van der Waals surface area contributed by atoms with E-state index in [1.807, 2.05) is 0 Å². The van der Waals surface area contributed by atoms with E-state index in [0.717, 1.165) is 0 Å². The Morgan fingerprint density at radius 1 is 0.250 bits per heavy atom. The number of carboxylic acid groups (broad SMARTS) is 1. The fourth-order valence-corrected chi connectivity index (χ4v) is 7.07. The van der Waals surface area contributed by atoms with Crippen molar-refractivity contribution in [3.8, 4) is 0 Å². The molecule has 0 aliphatic heterocycles. The number of carboxylic acids is 1. The van der Waals surface area contributed by atoms with E-state index in [0.29, 0.717) is 19.4 Å². The van der Waals surface area contributed by atoms with Crippen molar-refractivity contribution in [1.29, 1.82) is 0 Å². The normalized spacial score (nSPS) is 16.3. The Kier molecular flexibility index (Phi) is 34.3. The van der Waals surface area contributed by atoms with Gasteiger partial charge in [-0.3, -0.25) is 76.7 Å². The molecule has 0 rings (SSSR count). The van der Waals surface area contributed by atoms with Gasteiger partial charge in [0.1, 0.15) is 96.7 Å². The van der Waals surface area contributed by atoms with Gasteiger partial charge < -0.3 is 95.9 Å². The molecule has 16 amide bonds. The van der Waals surface area contributed by atoms with Crippen LogP contribution in [0.2, 0.25) is 0 Å². The number of nitrogens with two attached hydrogens (primary N) is 1. The molecule has 0 saturated carbocycles. The van der Waals surface area contributed by atoms with Crippen LogP contribution in [0, 0.1) is 0 Å². The van der Waals surface area contributed by atoms with Gasteiger partial charge in [-0.05, 0) is 130 Å². The highest BCUT2D eigenvalue weighted by atomic mass is 16.4. The van der Waals surface area contributed by atoms with Crippen molar-refractivity contribution in [3.05, 3.63) is 0 Å². The minimum Gasteiger partial charge on any atom is -0.480 e. The molecule has 35 heteroatoms. The number of carbonyl (C=O) groups excluding carboxylic acids is 16. The van der Waals surface area contributed by atoms with Gasteiger partial charge in [-0.15, -0.1) is 0 Å². The molecular formula is C53H91N17O18. The first-order valence-corrected chi connectivity index (χ1v) is 28.4. The van der Waals surface area contributed by atoms with Gasteiger partial charge >= 0.3 is 5.97 Å². The molecule has 0 aromatic rings. The zero-order chi connectivity index (χ0) is 68.2. The number of nitrogens with one attached hydrogen (secondary N) is 16. The Bertz CT molecular complexity index is 2570. The summed E-state index contributed by atoms with van der Waals surface area (Å²) >= 11 is 0. The Balaban J connectivity index is 5.01. The third-order valence-electron chi connectivity index (χ3n) is 12.9. The van der Waals surface area contributed by atoms with Crippen molar-refractivity contribution in [2.24, 2.45) is 5.73 Å². The van der Waals surface area contributed by atoms with Gasteiger partial charge in [0, 0.05) is 6.92 Å². The van der Waals surface area contributed by atoms with E-state index in [1.54, 1.807) is 0 Å². The quantitative estimate of drug-likeness (QED) is 0.0259. The van der Waals surface area contributed by atoms with E-state index >= 15 is 0 Å². The van der Waals surface area contributed by atoms with Crippen molar-refractivity contribution in [2.75, 3.05) is 6.54 Å². The van der Waals surface area contributed by atoms with Crippen molar-refractivity contribution in [2.45, 2.75) is 227 Å². The standard InChI is InChI=1S/C53H91N17O18/c1-21(55-36(16)71)38(72)56-22(2)39(73)57-23(3)40(74)58-24(4)41(75)59-25(5)42(76)60-26(6)43(77)61-27(7)44(78)62-28(8)45(79)63-29(9)46(80)64-30(10)47(81)65-31(11)48(82)66-32(12)49(83)67-33(13)50(84)68-34(14)51(85)69-35(15)52(86)70-37(53(87)88)19-17-18-20-54/h21-35,37H,17-20,54H2,1-16H3,(H,55,71)(H,56,72)(H,57,73)(H,58,74)(H,59,75)(H,60,76)(H,61,77)(H,62,78)(H,63,79)(H,64,80)(H,65,81)(H,66,82)(H,67,83)(H,68,84)(H,69,85)(H,70,86)(H,87,88)/t21-,22-,23-,24-,25-,26-,27+,28-,29+,30-,31-,32-,33-,34-,35-,37-/m0/s1. The second-order valence-corrected chi connectivity index (χ2v) is 21.3. The number of unbranched alkanes of at least 4 members (excludes halogenated alkanes) is 1. The number of amides is 16. The maximum absolute atomic E-state index is 13.0. The van der Waals surface area contributed by atoms with Crippen LogP contribution < -0.4 is 90.8 Å². The second kappa shape index (κ2) is 38.2. The van der Waals surface area contributed by atoms with Crippen LogP contribution in [0.1, 0.15) is 130 Å². The third-order valence-corrected chi connectivity index (χ3v) is 12.9. The molecule has 0 spiro atoms. The van der Waals surface area contributed by atoms with Gasteiger partial charge in [-0.2, -0.15) is 0 Å². The van der Waals surface area contributed by atoms with E-state index in [2.05, 4.69) is 85.1 Å². The summed E-state index contributed by atoms with van der Waals surface area (Å²) in [6.45, 7) is 21.1. The Labute approximate surface area is 509 Å². The first-order chi connectivity index (χ1) is 40.6. The molecule has 0 aliphatic carbocycles. The first kappa shape index (κ1) is 79.0. The lowest BCUT2D eigenvalue weighted by molar-refractivity contribution is -0.142. The van der Waals surface area contributed by atoms with Gasteiger partial charge in [-0.25, -0.2) is 4.79 Å². The molecule has 496 valence electrons. The highest BCUT2D eigenvalue weighted by molar-refractivity contribution is 6.00. The lowest BCUT2D eigenvalue weighted by Gasteiger charge is -2.24. The zero-order valence-electron chi connectivity index (χ0n) is 52.5. The molecule has 88 heavy (non-hydrogen) atoms. The average Bonchev–Trinajstić information content (AvgIpc) is 3.56. The largest absolute Gasteiger partial charge is 0.480 e. The predicted molar refractivity (Wildman–Crippen MR) is 312 cm³/mol. The number of hydrogen-bond acceptors (Lipinski definition) is 18. The van der Waals surface area contributed by atoms with E-state index in [-0.39, 0.29) is 6.42 Å². The SMILES string of the molecule is CC(=O)N[C@@H](C)C(=O)N[C@@H](C)C(=O)N[C@@H](C)C(=O)N[C@@H](C)C(=O)N[C@@H](C)C(=O)N[C@@H](C)C(=O)N[C@H](C)C(=O)N[C@@H](C)C(=O)N[C@H](C)C(=O)N[C@@H](C)C(=O)N[C@@H](C)C(=O)N[C@@H](C)C(=O)N[C@@H](C)C(=O)N[C@@H](C)C(=O)N[C@@H](C)C(=O)N[C@@H](CCCCN)C(=O)O. The van der Waals surface area contributed by atoms with Gasteiger partial charge in [0.25, 0.3) is 0 Å². The summed E-state index contributed by atoms with van der Waals surface area (Å²) in [4.78, 5) is 215. The predicted octanol–water partition coefficient (Wildman–Crippen LogP) is -7.72. The minimum atomic E-state index is -1.28. The maximum Gasteiger partial charge on any atom is 0.326 e. The summed E-state index contributed by atoms with van der Waals surface area (Å²) in [5.74, 6) is -13.8. The molecule has 0 aromatic carbocycles. The summed E-state index contributed by atoms with van der Waals surface area (Å²) in [6.07, 6.45) is 1.12. The molecule has 0 aromatic heterocycles. The molecule has 0 aliphatic rings. The van der Waals surface area contributed by atoms with E-state index < -0.39 is 197 Å². The van der Waals surface area contributed by atoms with Crippen LogP contribution in [0.25, 0.3) is 0 Å². The van der Waals surface area contributed by atoms with Gasteiger partial charge in [0.15, 0.2) is 0 Å². The van der Waals surface area contributed by atoms with Crippen LogP contribution in [0.4, 0.5) is 0 Å². The summed E-state index contributed by atoms with van der Waals surface area (Å²) in [6, 6.07) is -19.4. The number of carbonyl (C=O) groups is 17. The van der Waals surface area contributed by atoms with Crippen molar-refractivity contribution in [3.63, 3.8) is 0 Å². The van der Waals surface area contributed by atoms with Gasteiger partial charge in [0.05, 0.1) is 0 Å². The lowest BCUT2D eigenvalue weighted by Crippen LogP contribution is -2.59. The highest BCUT2D eigenvalue weighted by Gasteiger charge is 2.32. The Hall–Kier alpha value is -9.05. The van der Waals surface area contributed by atoms with Crippen LogP contribution in [-0.4, -0.2) is 209 Å². The van der Waals surface area contributed by atoms with Crippen LogP contribution in [0.15, 0.2) is 0 Å². The van der Waals surface area contributed by atoms with Crippen LogP contribution in [-0.2, 0) is 81.5 Å². The number of rotatable bonds is 36. The van der Waals surface area contributed by atoms with Crippen molar-refractivity contribution >= 4 is 100 Å². The topological polar surface area (TPSA) is 529 Å². The average molecular weight is 1250 g/mol. The summed E-state index contributed by atoms with van der Waals surface area (Å²) < 4.78 is 0. The monoisotopic (exact) mass is 1250 g/mol. The molecule has 0 unspecified atom stereocenters. The molecule has 0 radical (unpaired) electrons. The van der Waals surface area contributed by atoms with Gasteiger partial charge in [0.2, 0.25) is 94.5 Å². The Morgan fingerprint density at radius 2 is 0.386 bits per heavy atom. The maximum atomic E-state index is 13.0. The van der Waals surface area contributed by atoms with Gasteiger partial charge in [-0.1, -0.05) is 0 Å².